The zero-order chi connectivity index (χ0) is 22.1. The van der Waals surface area contributed by atoms with E-state index in [9.17, 15) is 9.59 Å². The van der Waals surface area contributed by atoms with E-state index in [0.29, 0.717) is 33.8 Å². The lowest BCUT2D eigenvalue weighted by molar-refractivity contribution is -0.151. The summed E-state index contributed by atoms with van der Waals surface area (Å²) in [4.78, 5) is 25.7. The predicted molar refractivity (Wildman–Crippen MR) is 114 cm³/mol. The van der Waals surface area contributed by atoms with Crippen LogP contribution in [-0.2, 0) is 9.53 Å². The number of hydrogen-bond acceptors (Lipinski definition) is 7. The van der Waals surface area contributed by atoms with Gasteiger partial charge in [0.05, 0.1) is 36.7 Å². The molecule has 4 rings (SSSR count). The molecule has 1 aliphatic rings. The highest BCUT2D eigenvalue weighted by Gasteiger charge is 2.45. The topological polar surface area (TPSA) is 84.2 Å². The molecule has 0 spiro atoms. The van der Waals surface area contributed by atoms with Crippen molar-refractivity contribution < 1.29 is 28.2 Å². The SMILES string of the molecule is CCOC(=O)[C@H]1Oc2c(c(=O)oc3ccccc23)[C@H]1c1ccc(OC(C)C)c(OC)c1. The van der Waals surface area contributed by atoms with Gasteiger partial charge in [0.15, 0.2) is 11.5 Å². The van der Waals surface area contributed by atoms with E-state index in [0.717, 1.165) is 0 Å². The molecule has 31 heavy (non-hydrogen) atoms. The summed E-state index contributed by atoms with van der Waals surface area (Å²) in [5, 5.41) is 0.626. The number of carbonyl (C=O) groups excluding carboxylic acids is 1. The summed E-state index contributed by atoms with van der Waals surface area (Å²) >= 11 is 0. The molecule has 0 unspecified atom stereocenters. The van der Waals surface area contributed by atoms with Crippen LogP contribution in [0.1, 0.15) is 37.8 Å². The normalized spacial score (nSPS) is 17.3. The zero-order valence-corrected chi connectivity index (χ0v) is 17.8. The summed E-state index contributed by atoms with van der Waals surface area (Å²) in [6.45, 7) is 5.75. The molecule has 1 aliphatic heterocycles. The van der Waals surface area contributed by atoms with Crippen molar-refractivity contribution in [2.75, 3.05) is 13.7 Å². The molecule has 0 fully saturated rings. The van der Waals surface area contributed by atoms with Crippen molar-refractivity contribution in [2.24, 2.45) is 0 Å². The van der Waals surface area contributed by atoms with E-state index in [1.54, 1.807) is 43.3 Å². The Kier molecular flexibility index (Phi) is 5.59. The molecule has 0 amide bonds. The zero-order valence-electron chi connectivity index (χ0n) is 17.8. The van der Waals surface area contributed by atoms with E-state index >= 15 is 0 Å². The van der Waals surface area contributed by atoms with Crippen LogP contribution in [-0.4, -0.2) is 31.9 Å². The second-order valence-corrected chi connectivity index (χ2v) is 7.47. The molecule has 0 saturated heterocycles. The smallest absolute Gasteiger partial charge is 0.348 e. The number of carbonyl (C=O) groups is 1. The molecule has 0 aliphatic carbocycles. The Morgan fingerprint density at radius 2 is 1.90 bits per heavy atom. The monoisotopic (exact) mass is 424 g/mol. The van der Waals surface area contributed by atoms with Crippen LogP contribution in [0.5, 0.6) is 17.2 Å². The summed E-state index contributed by atoms with van der Waals surface area (Å²) in [5.74, 6) is 0.146. The minimum absolute atomic E-state index is 0.0408. The molecular weight excluding hydrogens is 400 g/mol. The molecule has 3 aromatic rings. The lowest BCUT2D eigenvalue weighted by Gasteiger charge is -2.20. The molecule has 162 valence electrons. The molecule has 7 heteroatoms. The fourth-order valence-electron chi connectivity index (χ4n) is 3.86. The van der Waals surface area contributed by atoms with E-state index in [1.807, 2.05) is 19.9 Å². The Morgan fingerprint density at radius 1 is 1.13 bits per heavy atom. The molecule has 1 aromatic heterocycles. The van der Waals surface area contributed by atoms with Crippen molar-refractivity contribution in [3.8, 4) is 17.2 Å². The van der Waals surface area contributed by atoms with Crippen LogP contribution in [0.15, 0.2) is 51.7 Å². The van der Waals surface area contributed by atoms with Crippen LogP contribution in [0.3, 0.4) is 0 Å². The first kappa shape index (κ1) is 20.8. The van der Waals surface area contributed by atoms with Crippen molar-refractivity contribution >= 4 is 16.9 Å². The maximum absolute atomic E-state index is 12.9. The van der Waals surface area contributed by atoms with Gasteiger partial charge in [0.1, 0.15) is 11.3 Å². The summed E-state index contributed by atoms with van der Waals surface area (Å²) < 4.78 is 28.1. The van der Waals surface area contributed by atoms with Crippen LogP contribution in [0.4, 0.5) is 0 Å². The Balaban J connectivity index is 1.90. The quantitative estimate of drug-likeness (QED) is 0.436. The number of methoxy groups -OCH3 is 1. The third kappa shape index (κ3) is 3.71. The van der Waals surface area contributed by atoms with Crippen LogP contribution >= 0.6 is 0 Å². The molecule has 2 heterocycles. The van der Waals surface area contributed by atoms with E-state index in [1.165, 1.54) is 7.11 Å². The number of esters is 1. The lowest BCUT2D eigenvalue weighted by atomic mass is 9.88. The van der Waals surface area contributed by atoms with Crippen LogP contribution in [0.2, 0.25) is 0 Å². The van der Waals surface area contributed by atoms with Gasteiger partial charge in [0.25, 0.3) is 0 Å². The maximum atomic E-state index is 12.9. The van der Waals surface area contributed by atoms with Gasteiger partial charge in [-0.05, 0) is 50.6 Å². The number of fused-ring (bicyclic) bond motifs is 3. The lowest BCUT2D eigenvalue weighted by Crippen LogP contribution is -2.32. The molecular formula is C24H24O7. The molecule has 0 saturated carbocycles. The van der Waals surface area contributed by atoms with E-state index < -0.39 is 23.6 Å². The fraction of sp³-hybridized carbons (Fsp3) is 0.333. The number of para-hydroxylation sites is 1. The molecule has 2 aromatic carbocycles. The standard InChI is InChI=1S/C24H24O7/c1-5-28-24(26)22-19(14-10-11-17(29-13(2)3)18(12-14)27-4)20-21(31-22)15-8-6-7-9-16(15)30-23(20)25/h6-13,19,22H,5H2,1-4H3/t19-,22+/m1/s1. The second kappa shape index (κ2) is 8.34. The highest BCUT2D eigenvalue weighted by molar-refractivity contribution is 5.88. The maximum Gasteiger partial charge on any atom is 0.348 e. The van der Waals surface area contributed by atoms with Crippen molar-refractivity contribution in [3.63, 3.8) is 0 Å². The molecule has 0 radical (unpaired) electrons. The van der Waals surface area contributed by atoms with Crippen LogP contribution in [0.25, 0.3) is 11.0 Å². The number of hydrogen-bond donors (Lipinski definition) is 0. The van der Waals surface area contributed by atoms with Crippen molar-refractivity contribution in [1.29, 1.82) is 0 Å². The third-order valence-electron chi connectivity index (χ3n) is 5.09. The summed E-state index contributed by atoms with van der Waals surface area (Å²) in [7, 11) is 1.54. The minimum atomic E-state index is -1.02. The summed E-state index contributed by atoms with van der Waals surface area (Å²) in [5.41, 5.74) is 0.795. The van der Waals surface area contributed by atoms with Gasteiger partial charge in [-0.2, -0.15) is 0 Å². The molecule has 0 bridgehead atoms. The first-order valence-corrected chi connectivity index (χ1v) is 10.2. The Morgan fingerprint density at radius 3 is 2.61 bits per heavy atom. The molecule has 7 nitrogen and oxygen atoms in total. The molecule has 2 atom stereocenters. The van der Waals surface area contributed by atoms with Gasteiger partial charge in [-0.25, -0.2) is 9.59 Å². The predicted octanol–water partition coefficient (Wildman–Crippen LogP) is 4.04. The van der Waals surface area contributed by atoms with Crippen LogP contribution in [0, 0.1) is 0 Å². The van der Waals surface area contributed by atoms with Crippen molar-refractivity contribution in [2.45, 2.75) is 38.9 Å². The molecule has 0 N–H and O–H groups in total. The number of rotatable bonds is 6. The largest absolute Gasteiger partial charge is 0.493 e. The summed E-state index contributed by atoms with van der Waals surface area (Å²) in [6.07, 6.45) is -1.06. The van der Waals surface area contributed by atoms with Crippen LogP contribution < -0.4 is 19.8 Å². The second-order valence-electron chi connectivity index (χ2n) is 7.47. The Labute approximate surface area is 179 Å². The first-order valence-electron chi connectivity index (χ1n) is 10.2. The van der Waals surface area contributed by atoms with Gasteiger partial charge in [-0.3, -0.25) is 0 Å². The van der Waals surface area contributed by atoms with Crippen molar-refractivity contribution in [3.05, 3.63) is 64.0 Å². The van der Waals surface area contributed by atoms with E-state index in [4.69, 9.17) is 23.4 Å². The minimum Gasteiger partial charge on any atom is -0.493 e. The van der Waals surface area contributed by atoms with E-state index in [-0.39, 0.29) is 18.3 Å². The number of benzene rings is 2. The van der Waals surface area contributed by atoms with Gasteiger partial charge in [0, 0.05) is 0 Å². The third-order valence-corrected chi connectivity index (χ3v) is 5.09. The van der Waals surface area contributed by atoms with Crippen molar-refractivity contribution in [1.82, 2.24) is 0 Å². The van der Waals surface area contributed by atoms with E-state index in [2.05, 4.69) is 0 Å². The first-order chi connectivity index (χ1) is 14.9. The van der Waals surface area contributed by atoms with Gasteiger partial charge < -0.3 is 23.4 Å². The Bertz CT molecular complexity index is 1180. The van der Waals surface area contributed by atoms with Gasteiger partial charge in [-0.15, -0.1) is 0 Å². The average molecular weight is 424 g/mol. The number of ether oxygens (including phenoxy) is 4. The van der Waals surface area contributed by atoms with Gasteiger partial charge in [0.2, 0.25) is 6.10 Å². The highest BCUT2D eigenvalue weighted by atomic mass is 16.6. The fourth-order valence-corrected chi connectivity index (χ4v) is 3.86. The Hall–Kier alpha value is -3.48. The highest BCUT2D eigenvalue weighted by Crippen LogP contribution is 2.46. The average Bonchev–Trinajstić information content (AvgIpc) is 3.16. The van der Waals surface area contributed by atoms with Gasteiger partial charge >= 0.3 is 11.6 Å². The summed E-state index contributed by atoms with van der Waals surface area (Å²) in [6, 6.07) is 12.4. The van der Waals surface area contributed by atoms with Gasteiger partial charge in [-0.1, -0.05) is 18.2 Å².